The van der Waals surface area contributed by atoms with Crippen LogP contribution in [0.25, 0.3) is 10.9 Å². The molecule has 0 radical (unpaired) electrons. The number of ether oxygens (including phenoxy) is 2. The maximum absolute atomic E-state index is 12.3. The smallest absolute Gasteiger partial charge is 0.253 e. The molecule has 1 aliphatic heterocycles. The topological polar surface area (TPSA) is 91.9 Å². The van der Waals surface area contributed by atoms with E-state index in [-0.39, 0.29) is 31.2 Å². The fourth-order valence-electron chi connectivity index (χ4n) is 2.75. The number of amides is 1. The number of rotatable bonds is 5. The van der Waals surface area contributed by atoms with Gasteiger partial charge < -0.3 is 24.5 Å². The highest BCUT2D eigenvalue weighted by molar-refractivity contribution is 5.83. The largest absolute Gasteiger partial charge is 0.486 e. The summed E-state index contributed by atoms with van der Waals surface area (Å²) in [7, 11) is 0. The minimum absolute atomic E-state index is 0.106. The summed E-state index contributed by atoms with van der Waals surface area (Å²) in [5.41, 5.74) is 0.865. The van der Waals surface area contributed by atoms with Crippen molar-refractivity contribution in [3.05, 3.63) is 34.1 Å². The van der Waals surface area contributed by atoms with Crippen molar-refractivity contribution in [1.29, 1.82) is 0 Å². The molecule has 0 spiro atoms. The van der Waals surface area contributed by atoms with E-state index in [0.29, 0.717) is 42.2 Å². The summed E-state index contributed by atoms with van der Waals surface area (Å²) in [6.45, 7) is 2.94. The Morgan fingerprint density at radius 1 is 1.25 bits per heavy atom. The van der Waals surface area contributed by atoms with E-state index in [2.05, 4.69) is 4.98 Å². The van der Waals surface area contributed by atoms with Gasteiger partial charge in [0.2, 0.25) is 5.91 Å². The molecular formula is C17H20N2O5. The number of nitrogens with zero attached hydrogens (tertiary/aromatic N) is 1. The summed E-state index contributed by atoms with van der Waals surface area (Å²) in [6, 6.07) is 5.32. The van der Waals surface area contributed by atoms with Gasteiger partial charge in [0.15, 0.2) is 11.5 Å². The average molecular weight is 332 g/mol. The third-order valence-corrected chi connectivity index (χ3v) is 3.97. The fraction of sp³-hybridized carbons (Fsp3) is 0.412. The molecule has 24 heavy (non-hydrogen) atoms. The predicted molar refractivity (Wildman–Crippen MR) is 88.4 cm³/mol. The molecule has 128 valence electrons. The number of aromatic amines is 1. The SMILES string of the molecule is CCC(=O)N(CCO)Cc1cc2cc3c(cc2[nH]c1=O)OCCO3. The van der Waals surface area contributed by atoms with Crippen LogP contribution < -0.4 is 15.0 Å². The number of hydrogen-bond acceptors (Lipinski definition) is 5. The third kappa shape index (κ3) is 3.21. The van der Waals surface area contributed by atoms with Crippen LogP contribution in [0.15, 0.2) is 23.0 Å². The number of aromatic nitrogens is 1. The number of carbonyl (C=O) groups excluding carboxylic acids is 1. The summed E-state index contributed by atoms with van der Waals surface area (Å²) >= 11 is 0. The minimum Gasteiger partial charge on any atom is -0.486 e. The van der Waals surface area contributed by atoms with Crippen molar-refractivity contribution in [3.63, 3.8) is 0 Å². The van der Waals surface area contributed by atoms with Gasteiger partial charge in [-0.15, -0.1) is 0 Å². The van der Waals surface area contributed by atoms with E-state index in [1.165, 1.54) is 4.90 Å². The lowest BCUT2D eigenvalue weighted by atomic mass is 10.1. The number of hydrogen-bond donors (Lipinski definition) is 2. The van der Waals surface area contributed by atoms with Gasteiger partial charge in [-0.3, -0.25) is 9.59 Å². The van der Waals surface area contributed by atoms with Gasteiger partial charge in [-0.25, -0.2) is 0 Å². The minimum atomic E-state index is -0.258. The van der Waals surface area contributed by atoms with Gasteiger partial charge in [0.05, 0.1) is 18.7 Å². The van der Waals surface area contributed by atoms with E-state index in [4.69, 9.17) is 14.6 Å². The first-order valence-corrected chi connectivity index (χ1v) is 7.96. The Morgan fingerprint density at radius 3 is 2.62 bits per heavy atom. The zero-order chi connectivity index (χ0) is 17.1. The Hall–Kier alpha value is -2.54. The van der Waals surface area contributed by atoms with Crippen molar-refractivity contribution in [2.24, 2.45) is 0 Å². The molecule has 1 aliphatic rings. The van der Waals surface area contributed by atoms with Crippen molar-refractivity contribution >= 4 is 16.8 Å². The van der Waals surface area contributed by atoms with Crippen LogP contribution >= 0.6 is 0 Å². The summed E-state index contributed by atoms with van der Waals surface area (Å²) in [4.78, 5) is 28.6. The highest BCUT2D eigenvalue weighted by atomic mass is 16.6. The molecule has 0 saturated heterocycles. The van der Waals surface area contributed by atoms with Gasteiger partial charge in [-0.2, -0.15) is 0 Å². The van der Waals surface area contributed by atoms with Crippen LogP contribution in [0.5, 0.6) is 11.5 Å². The van der Waals surface area contributed by atoms with Gasteiger partial charge in [-0.1, -0.05) is 6.92 Å². The van der Waals surface area contributed by atoms with Gasteiger partial charge in [-0.05, 0) is 12.1 Å². The average Bonchev–Trinajstić information content (AvgIpc) is 2.59. The summed E-state index contributed by atoms with van der Waals surface area (Å²) in [6.07, 6.45) is 0.324. The second kappa shape index (κ2) is 6.92. The fourth-order valence-corrected chi connectivity index (χ4v) is 2.75. The number of carbonyl (C=O) groups is 1. The van der Waals surface area contributed by atoms with E-state index >= 15 is 0 Å². The summed E-state index contributed by atoms with van der Waals surface area (Å²) in [5.74, 6) is 1.15. The zero-order valence-corrected chi connectivity index (χ0v) is 13.5. The molecule has 0 unspecified atom stereocenters. The Balaban J connectivity index is 1.97. The number of benzene rings is 1. The molecule has 1 amide bonds. The zero-order valence-electron chi connectivity index (χ0n) is 13.5. The quantitative estimate of drug-likeness (QED) is 0.853. The predicted octanol–water partition coefficient (Wildman–Crippen LogP) is 1.03. The standard InChI is InChI=1S/C17H20N2O5/c1-2-16(21)19(3-4-20)10-12-7-11-8-14-15(24-6-5-23-14)9-13(11)18-17(12)22/h7-9,20H,2-6,10H2,1H3,(H,18,22). The van der Waals surface area contributed by atoms with E-state index in [1.54, 1.807) is 19.1 Å². The van der Waals surface area contributed by atoms with Crippen LogP contribution in [0.3, 0.4) is 0 Å². The second-order valence-corrected chi connectivity index (χ2v) is 5.60. The molecule has 7 nitrogen and oxygen atoms in total. The number of aliphatic hydroxyl groups excluding tert-OH is 1. The van der Waals surface area contributed by atoms with Crippen molar-refractivity contribution in [2.75, 3.05) is 26.4 Å². The molecule has 0 fully saturated rings. The van der Waals surface area contributed by atoms with Crippen molar-refractivity contribution in [1.82, 2.24) is 9.88 Å². The lowest BCUT2D eigenvalue weighted by Crippen LogP contribution is -2.34. The maximum Gasteiger partial charge on any atom is 0.253 e. The molecule has 0 aliphatic carbocycles. The normalized spacial score (nSPS) is 13.1. The van der Waals surface area contributed by atoms with Gasteiger partial charge in [0, 0.05) is 30.0 Å². The molecule has 0 bridgehead atoms. The first kappa shape index (κ1) is 16.3. The summed E-state index contributed by atoms with van der Waals surface area (Å²) < 4.78 is 11.1. The Kier molecular flexibility index (Phi) is 4.71. The highest BCUT2D eigenvalue weighted by Gasteiger charge is 2.16. The van der Waals surface area contributed by atoms with Gasteiger partial charge in [0.25, 0.3) is 5.56 Å². The van der Waals surface area contributed by atoms with Crippen molar-refractivity contribution in [3.8, 4) is 11.5 Å². The first-order valence-electron chi connectivity index (χ1n) is 7.96. The summed E-state index contributed by atoms with van der Waals surface area (Å²) in [5, 5.41) is 9.93. The third-order valence-electron chi connectivity index (χ3n) is 3.97. The molecule has 1 aromatic carbocycles. The molecule has 2 N–H and O–H groups in total. The van der Waals surface area contributed by atoms with Crippen LogP contribution in [0.2, 0.25) is 0 Å². The van der Waals surface area contributed by atoms with Gasteiger partial charge in [0.1, 0.15) is 13.2 Å². The van der Waals surface area contributed by atoms with E-state index in [1.807, 2.05) is 6.07 Å². The molecular weight excluding hydrogens is 312 g/mol. The number of nitrogens with one attached hydrogen (secondary N) is 1. The first-order chi connectivity index (χ1) is 11.6. The number of H-pyrrole nitrogens is 1. The van der Waals surface area contributed by atoms with Crippen LogP contribution in [0, 0.1) is 0 Å². The van der Waals surface area contributed by atoms with E-state index in [0.717, 1.165) is 5.39 Å². The monoisotopic (exact) mass is 332 g/mol. The van der Waals surface area contributed by atoms with Crippen LogP contribution in [-0.2, 0) is 11.3 Å². The van der Waals surface area contributed by atoms with E-state index in [9.17, 15) is 9.59 Å². The molecule has 2 aromatic rings. The Bertz CT molecular complexity index is 814. The number of aliphatic hydroxyl groups is 1. The molecule has 3 rings (SSSR count). The molecule has 1 aromatic heterocycles. The van der Waals surface area contributed by atoms with Crippen molar-refractivity contribution in [2.45, 2.75) is 19.9 Å². The highest BCUT2D eigenvalue weighted by Crippen LogP contribution is 2.33. The van der Waals surface area contributed by atoms with E-state index < -0.39 is 0 Å². The maximum atomic E-state index is 12.3. The van der Waals surface area contributed by atoms with Crippen LogP contribution in [-0.4, -0.2) is 47.3 Å². The lowest BCUT2D eigenvalue weighted by Gasteiger charge is -2.21. The van der Waals surface area contributed by atoms with Crippen molar-refractivity contribution < 1.29 is 19.4 Å². The Labute approximate surface area is 138 Å². The molecule has 0 saturated carbocycles. The van der Waals surface area contributed by atoms with Gasteiger partial charge >= 0.3 is 0 Å². The lowest BCUT2D eigenvalue weighted by molar-refractivity contribution is -0.132. The Morgan fingerprint density at radius 2 is 1.96 bits per heavy atom. The molecule has 2 heterocycles. The number of pyridine rings is 1. The number of fused-ring (bicyclic) bond motifs is 2. The van der Waals surface area contributed by atoms with Crippen LogP contribution in [0.1, 0.15) is 18.9 Å². The molecule has 0 atom stereocenters. The molecule has 7 heteroatoms. The van der Waals surface area contributed by atoms with Crippen LogP contribution in [0.4, 0.5) is 0 Å². The second-order valence-electron chi connectivity index (χ2n) is 5.60.